The lowest BCUT2D eigenvalue weighted by atomic mass is 9.55. The zero-order valence-electron chi connectivity index (χ0n) is 39.6. The number of esters is 1. The summed E-state index contributed by atoms with van der Waals surface area (Å²) in [7, 11) is 3.89. The largest absolute Gasteiger partial charge is 0.463 e. The van der Waals surface area contributed by atoms with E-state index in [4.69, 9.17) is 20.9 Å². The summed E-state index contributed by atoms with van der Waals surface area (Å²) in [6.07, 6.45) is 21.9. The van der Waals surface area contributed by atoms with Crippen LogP contribution in [-0.4, -0.2) is 106 Å². The van der Waals surface area contributed by atoms with E-state index < -0.39 is 29.0 Å². The van der Waals surface area contributed by atoms with Crippen molar-refractivity contribution in [2.45, 2.75) is 153 Å². The van der Waals surface area contributed by atoms with Gasteiger partial charge in [-0.2, -0.15) is 0 Å². The first-order valence-corrected chi connectivity index (χ1v) is 25.1. The highest BCUT2D eigenvalue weighted by atomic mass is 16.7. The van der Waals surface area contributed by atoms with Gasteiger partial charge in [0.15, 0.2) is 17.2 Å². The minimum atomic E-state index is -1.92. The van der Waals surface area contributed by atoms with Gasteiger partial charge in [-0.25, -0.2) is 10.1 Å². The molecule has 0 amide bonds. The van der Waals surface area contributed by atoms with Gasteiger partial charge in [0, 0.05) is 61.7 Å². The molecule has 0 spiro atoms. The molecule has 0 bridgehead atoms. The van der Waals surface area contributed by atoms with Gasteiger partial charge in [-0.1, -0.05) is 44.1 Å². The second kappa shape index (κ2) is 20.7. The normalized spacial score (nSPS) is 37.6. The van der Waals surface area contributed by atoms with E-state index in [2.05, 4.69) is 95.9 Å². The molecule has 7 aliphatic rings. The number of nitrogens with one attached hydrogen (secondary N) is 3. The van der Waals surface area contributed by atoms with Crippen LogP contribution in [0.25, 0.3) is 0 Å². The molecule has 7 unspecified atom stereocenters. The molecule has 14 heteroatoms. The Hall–Kier alpha value is -2.98. The number of fused-ring (bicyclic) bond motifs is 3. The molecule has 352 valence electrons. The summed E-state index contributed by atoms with van der Waals surface area (Å²) in [5.74, 6) is 0.0570. The molecule has 3 aliphatic heterocycles. The van der Waals surface area contributed by atoms with Crippen LogP contribution in [0.1, 0.15) is 118 Å². The number of ketones is 2. The Morgan fingerprint density at radius 3 is 2.68 bits per heavy atom. The number of carbonyl (C=O) groups excluding carboxylic acids is 3. The molecule has 0 aromatic carbocycles. The summed E-state index contributed by atoms with van der Waals surface area (Å²) in [6.45, 7) is 12.9. The first kappa shape index (κ1) is 48.0. The Bertz CT molecular complexity index is 1760. The minimum Gasteiger partial charge on any atom is -0.463 e. The summed E-state index contributed by atoms with van der Waals surface area (Å²) in [4.78, 5) is 48.7. The van der Waals surface area contributed by atoms with Crippen LogP contribution in [0, 0.1) is 46.8 Å². The number of quaternary nitrogens is 4. The number of carbonyl (C=O) groups is 3. The fourth-order valence-electron chi connectivity index (χ4n) is 13.2. The monoisotopic (exact) mass is 881 g/mol. The van der Waals surface area contributed by atoms with Crippen LogP contribution < -0.4 is 48.4 Å². The van der Waals surface area contributed by atoms with Gasteiger partial charge >= 0.3 is 11.9 Å². The van der Waals surface area contributed by atoms with Crippen molar-refractivity contribution in [3.8, 4) is 0 Å². The minimum absolute atomic E-state index is 0.000890. The predicted molar refractivity (Wildman–Crippen MR) is 242 cm³/mol. The standard InChI is InChI=1S/C49H81N9O5/c1-7-54-38-23-33-12-9-8-11-32(33)22-36(38)28-62-45(61)49-44(60)42-35(26-47(3,4)25-31-15-16-40(50)56-27-31)13-10-14-37(42)43(59)48(49,63-49)19-17-30(2)21-39(58-46(51)53-6)34-18-20-55-41(24-34)57-29-52-5/h9,12,17,23,31-32,34-42,52,54-57H,7-8,10-11,13-16,18-22,24-29,50H2,1-6H3,(H3,51,53,58)/p+5/t31?,32-,34?,35?,36-,37?,38-,39+,40?,41?,42?,48-,49-/m0/s1. The third-order valence-electron chi connectivity index (χ3n) is 16.4. The van der Waals surface area contributed by atoms with E-state index in [1.54, 1.807) is 0 Å². The topological polar surface area (TPSA) is 229 Å². The summed E-state index contributed by atoms with van der Waals surface area (Å²) in [5, 5.41) is 16.3. The maximum Gasteiger partial charge on any atom is 0.350 e. The molecule has 3 heterocycles. The highest BCUT2D eigenvalue weighted by Crippen LogP contribution is 2.63. The van der Waals surface area contributed by atoms with Crippen LogP contribution in [0.4, 0.5) is 0 Å². The van der Waals surface area contributed by atoms with Crippen LogP contribution in [0.2, 0.25) is 0 Å². The van der Waals surface area contributed by atoms with Gasteiger partial charge in [0.1, 0.15) is 31.6 Å². The van der Waals surface area contributed by atoms with Gasteiger partial charge in [0.05, 0.1) is 39.8 Å². The van der Waals surface area contributed by atoms with Gasteiger partial charge in [-0.3, -0.25) is 31.4 Å². The Labute approximate surface area is 377 Å². The Morgan fingerprint density at radius 2 is 1.94 bits per heavy atom. The quantitative estimate of drug-likeness (QED) is 0.0140. The van der Waals surface area contributed by atoms with E-state index in [0.717, 1.165) is 103 Å². The average molecular weight is 881 g/mol. The van der Waals surface area contributed by atoms with Crippen molar-refractivity contribution in [1.82, 2.24) is 10.6 Å². The predicted octanol–water partition coefficient (Wildman–Crippen LogP) is -2.10. The Morgan fingerprint density at radius 1 is 1.11 bits per heavy atom. The van der Waals surface area contributed by atoms with Crippen molar-refractivity contribution < 1.29 is 50.1 Å². The number of likely N-dealkylation sites (N-methyl/N-ethyl adjacent to an activating group) is 1. The number of rotatable bonds is 18. The fraction of sp³-hybridized carbons (Fsp3) is 0.796. The van der Waals surface area contributed by atoms with E-state index in [1.165, 1.54) is 5.57 Å². The van der Waals surface area contributed by atoms with Crippen LogP contribution >= 0.6 is 0 Å². The van der Waals surface area contributed by atoms with E-state index in [-0.39, 0.29) is 60.1 Å². The zero-order chi connectivity index (χ0) is 44.9. The van der Waals surface area contributed by atoms with Crippen molar-refractivity contribution >= 4 is 23.5 Å². The molecule has 15 N–H and O–H groups in total. The maximum absolute atomic E-state index is 15.4. The Balaban J connectivity index is 1.14. The number of nitrogens with two attached hydrogens (primary N) is 6. The number of ether oxygens (including phenoxy) is 2. The van der Waals surface area contributed by atoms with Crippen molar-refractivity contribution in [3.63, 3.8) is 0 Å². The summed E-state index contributed by atoms with van der Waals surface area (Å²) < 4.78 is 13.0. The number of hydrogen-bond donors (Lipinski definition) is 9. The second-order valence-corrected chi connectivity index (χ2v) is 21.6. The molecule has 3 saturated heterocycles. The maximum atomic E-state index is 15.4. The lowest BCUT2D eigenvalue weighted by Crippen LogP contribution is -2.98. The number of guanidine groups is 1. The smallest absolute Gasteiger partial charge is 0.350 e. The number of piperidine rings is 2. The number of epoxide rings is 1. The van der Waals surface area contributed by atoms with E-state index in [1.807, 2.05) is 7.05 Å². The number of Topliss-reactive ketones (excluding diaryl/α,β-unsaturated/α-hetero) is 2. The number of hydrogen-bond acceptors (Lipinski definition) is 7. The second-order valence-electron chi connectivity index (χ2n) is 21.6. The average Bonchev–Trinajstić information content (AvgIpc) is 3.98. The first-order chi connectivity index (χ1) is 30.2. The van der Waals surface area contributed by atoms with Crippen molar-refractivity contribution in [1.29, 1.82) is 0 Å². The highest BCUT2D eigenvalue weighted by molar-refractivity contribution is 6.23. The zero-order valence-corrected chi connectivity index (χ0v) is 39.6. The Kier molecular flexibility index (Phi) is 15.7. The van der Waals surface area contributed by atoms with Crippen LogP contribution in [0.15, 0.2) is 35.5 Å². The molecule has 0 radical (unpaired) electrons. The third kappa shape index (κ3) is 10.5. The molecule has 63 heavy (non-hydrogen) atoms. The van der Waals surface area contributed by atoms with Crippen LogP contribution in [0.5, 0.6) is 0 Å². The number of allylic oxidation sites excluding steroid dienone is 3. The molecule has 13 atom stereocenters. The van der Waals surface area contributed by atoms with Crippen molar-refractivity contribution in [2.24, 2.45) is 58.3 Å². The molecule has 5 fully saturated rings. The fourth-order valence-corrected chi connectivity index (χ4v) is 13.2. The molecule has 14 nitrogen and oxygen atoms in total. The lowest BCUT2D eigenvalue weighted by Gasteiger charge is -2.44. The molecule has 2 saturated carbocycles. The van der Waals surface area contributed by atoms with Crippen LogP contribution in [-0.2, 0) is 23.9 Å². The summed E-state index contributed by atoms with van der Waals surface area (Å²) in [5.41, 5.74) is 11.5. The molecule has 0 aromatic rings. The SMILES string of the molecule is CC[NH2+][C@H]1C=C2C=CCC[C@H]2C[C@H]1COC(=O)[C@]12O[C@@]1(CC=C(C)C[C@@H](NC(N)=[NH+]C)C1CC[NH2+]C(NC[NH2+]C)C1)C(=O)C1CCCC(CC(C)(C)CC3CCC(N)[NH2+]C3)C1C2=O. The van der Waals surface area contributed by atoms with E-state index >= 15 is 9.59 Å². The van der Waals surface area contributed by atoms with Gasteiger partial charge in [0.25, 0.3) is 5.60 Å². The lowest BCUT2D eigenvalue weighted by molar-refractivity contribution is -0.717. The third-order valence-corrected chi connectivity index (χ3v) is 16.4. The molecule has 4 aliphatic carbocycles. The molecule has 7 rings (SSSR count). The molecular weight excluding hydrogens is 795 g/mol. The van der Waals surface area contributed by atoms with E-state index in [0.29, 0.717) is 42.7 Å². The summed E-state index contributed by atoms with van der Waals surface area (Å²) in [6, 6.07) is 0.232. The van der Waals surface area contributed by atoms with Gasteiger partial charge in [0.2, 0.25) is 0 Å². The van der Waals surface area contributed by atoms with E-state index in [9.17, 15) is 4.79 Å². The summed E-state index contributed by atoms with van der Waals surface area (Å²) >= 11 is 0. The van der Waals surface area contributed by atoms with Crippen LogP contribution in [0.3, 0.4) is 0 Å². The first-order valence-electron chi connectivity index (χ1n) is 25.1. The molecular formula is C49H86N9O5+5. The van der Waals surface area contributed by atoms with Gasteiger partial charge in [-0.05, 0) is 94.1 Å². The van der Waals surface area contributed by atoms with Gasteiger partial charge in [-0.15, -0.1) is 0 Å². The van der Waals surface area contributed by atoms with Gasteiger partial charge < -0.3 is 30.7 Å². The van der Waals surface area contributed by atoms with Crippen molar-refractivity contribution in [3.05, 3.63) is 35.5 Å². The van der Waals surface area contributed by atoms with Crippen molar-refractivity contribution in [2.75, 3.05) is 47.0 Å². The highest BCUT2D eigenvalue weighted by Gasteiger charge is 2.87. The molecule has 0 aromatic heterocycles.